The second-order valence-corrected chi connectivity index (χ2v) is 5.29. The molecule has 0 N–H and O–H groups in total. The molecule has 4 rings (SSSR count). The fraction of sp³-hybridized carbons (Fsp3) is 0.0500. The SMILES string of the molecule is CC(=O)n1ccc2ccc(C#N)cc21.c1ccc2ncccc2c1. The number of aromatic nitrogens is 2. The molecule has 0 amide bonds. The third-order valence-corrected chi connectivity index (χ3v) is 3.67. The maximum Gasteiger partial charge on any atom is 0.227 e. The van der Waals surface area contributed by atoms with E-state index < -0.39 is 0 Å². The van der Waals surface area contributed by atoms with E-state index in [1.807, 2.05) is 42.6 Å². The first-order chi connectivity index (χ1) is 11.7. The van der Waals surface area contributed by atoms with Crippen molar-refractivity contribution in [3.8, 4) is 6.07 Å². The van der Waals surface area contributed by atoms with E-state index in [-0.39, 0.29) is 5.91 Å². The molecule has 0 atom stereocenters. The number of benzene rings is 2. The average Bonchev–Trinajstić information content (AvgIpc) is 3.05. The summed E-state index contributed by atoms with van der Waals surface area (Å²) in [4.78, 5) is 15.4. The Balaban J connectivity index is 0.000000149. The summed E-state index contributed by atoms with van der Waals surface area (Å²) < 4.78 is 1.54. The van der Waals surface area contributed by atoms with E-state index in [9.17, 15) is 4.79 Å². The summed E-state index contributed by atoms with van der Waals surface area (Å²) >= 11 is 0. The third kappa shape index (κ3) is 3.16. The van der Waals surface area contributed by atoms with Crippen LogP contribution in [0.15, 0.2) is 73.1 Å². The molecule has 0 bridgehead atoms. The van der Waals surface area contributed by atoms with Crippen LogP contribution in [0.1, 0.15) is 17.3 Å². The van der Waals surface area contributed by atoms with Crippen LogP contribution in [0.5, 0.6) is 0 Å². The van der Waals surface area contributed by atoms with Crippen LogP contribution in [0, 0.1) is 11.3 Å². The summed E-state index contributed by atoms with van der Waals surface area (Å²) in [6.07, 6.45) is 3.52. The fourth-order valence-electron chi connectivity index (χ4n) is 2.49. The van der Waals surface area contributed by atoms with Gasteiger partial charge in [0.25, 0.3) is 0 Å². The summed E-state index contributed by atoms with van der Waals surface area (Å²) in [5.41, 5.74) is 2.42. The van der Waals surface area contributed by atoms with Crippen molar-refractivity contribution in [3.63, 3.8) is 0 Å². The van der Waals surface area contributed by atoms with Gasteiger partial charge in [-0.05, 0) is 30.3 Å². The topological polar surface area (TPSA) is 58.7 Å². The van der Waals surface area contributed by atoms with Gasteiger partial charge in [0.1, 0.15) is 0 Å². The van der Waals surface area contributed by atoms with E-state index in [1.165, 1.54) is 16.9 Å². The Morgan fingerprint density at radius 2 is 1.83 bits per heavy atom. The van der Waals surface area contributed by atoms with Gasteiger partial charge in [-0.1, -0.05) is 30.3 Å². The van der Waals surface area contributed by atoms with Gasteiger partial charge in [0.15, 0.2) is 0 Å². The smallest absolute Gasteiger partial charge is 0.227 e. The second-order valence-electron chi connectivity index (χ2n) is 5.29. The lowest BCUT2D eigenvalue weighted by Crippen LogP contribution is -2.02. The molecule has 0 unspecified atom stereocenters. The van der Waals surface area contributed by atoms with Gasteiger partial charge in [-0.25, -0.2) is 0 Å². The van der Waals surface area contributed by atoms with Gasteiger partial charge in [-0.2, -0.15) is 5.26 Å². The molecule has 4 heteroatoms. The van der Waals surface area contributed by atoms with Crippen molar-refractivity contribution < 1.29 is 4.79 Å². The molecule has 2 aromatic carbocycles. The van der Waals surface area contributed by atoms with E-state index >= 15 is 0 Å². The fourth-order valence-corrected chi connectivity index (χ4v) is 2.49. The lowest BCUT2D eigenvalue weighted by atomic mass is 10.2. The minimum atomic E-state index is -0.0462. The number of nitriles is 1. The van der Waals surface area contributed by atoms with Gasteiger partial charge >= 0.3 is 0 Å². The van der Waals surface area contributed by atoms with Crippen LogP contribution in [0.4, 0.5) is 0 Å². The molecule has 24 heavy (non-hydrogen) atoms. The molecule has 0 spiro atoms. The van der Waals surface area contributed by atoms with Crippen LogP contribution in [-0.2, 0) is 0 Å². The van der Waals surface area contributed by atoms with Crippen molar-refractivity contribution in [1.29, 1.82) is 5.26 Å². The molecule has 0 aliphatic rings. The van der Waals surface area contributed by atoms with Gasteiger partial charge in [0.2, 0.25) is 5.91 Å². The number of hydrogen-bond acceptors (Lipinski definition) is 3. The molecular formula is C20H15N3O. The van der Waals surface area contributed by atoms with Crippen LogP contribution in [0.3, 0.4) is 0 Å². The number of para-hydroxylation sites is 1. The molecule has 0 radical (unpaired) electrons. The predicted octanol–water partition coefficient (Wildman–Crippen LogP) is 4.41. The molecule has 2 heterocycles. The van der Waals surface area contributed by atoms with Crippen LogP contribution >= 0.6 is 0 Å². The molecular weight excluding hydrogens is 298 g/mol. The lowest BCUT2D eigenvalue weighted by molar-refractivity contribution is 0.0941. The highest BCUT2D eigenvalue weighted by molar-refractivity contribution is 5.92. The molecule has 0 saturated heterocycles. The van der Waals surface area contributed by atoms with Crippen molar-refractivity contribution >= 4 is 27.7 Å². The number of pyridine rings is 1. The van der Waals surface area contributed by atoms with Gasteiger partial charge in [-0.3, -0.25) is 14.3 Å². The van der Waals surface area contributed by atoms with Gasteiger partial charge < -0.3 is 0 Å². The van der Waals surface area contributed by atoms with E-state index in [4.69, 9.17) is 5.26 Å². The third-order valence-electron chi connectivity index (χ3n) is 3.67. The zero-order valence-electron chi connectivity index (χ0n) is 13.2. The van der Waals surface area contributed by atoms with Crippen LogP contribution in [-0.4, -0.2) is 15.5 Å². The Labute approximate surface area is 139 Å². The normalized spacial score (nSPS) is 10.0. The number of rotatable bonds is 0. The Bertz CT molecular complexity index is 992. The van der Waals surface area contributed by atoms with E-state index in [0.717, 1.165) is 16.4 Å². The van der Waals surface area contributed by atoms with E-state index in [2.05, 4.69) is 23.2 Å². The molecule has 0 saturated carbocycles. The standard InChI is InChI=1S/C11H8N2O.C9H7N/c1-8(14)13-5-4-10-3-2-9(7-12)6-11(10)13;1-2-6-9-8(4-1)5-3-7-10-9/h2-6H,1H3;1-7H. The predicted molar refractivity (Wildman–Crippen MR) is 94.7 cm³/mol. The molecule has 4 nitrogen and oxygen atoms in total. The maximum absolute atomic E-state index is 11.2. The summed E-state index contributed by atoms with van der Waals surface area (Å²) in [6.45, 7) is 1.50. The number of fused-ring (bicyclic) bond motifs is 2. The first-order valence-corrected chi connectivity index (χ1v) is 7.51. The highest BCUT2D eigenvalue weighted by Gasteiger charge is 2.04. The zero-order valence-corrected chi connectivity index (χ0v) is 13.2. The lowest BCUT2D eigenvalue weighted by Gasteiger charge is -1.98. The van der Waals surface area contributed by atoms with Gasteiger partial charge in [0, 0.05) is 30.1 Å². The highest BCUT2D eigenvalue weighted by Crippen LogP contribution is 2.17. The Hall–Kier alpha value is -3.45. The van der Waals surface area contributed by atoms with Gasteiger partial charge in [-0.15, -0.1) is 0 Å². The second kappa shape index (κ2) is 6.76. The van der Waals surface area contributed by atoms with E-state index in [1.54, 1.807) is 18.3 Å². The summed E-state index contributed by atoms with van der Waals surface area (Å²) in [7, 11) is 0. The Kier molecular flexibility index (Phi) is 4.35. The minimum Gasteiger partial charge on any atom is -0.287 e. The molecule has 4 aromatic rings. The van der Waals surface area contributed by atoms with Crippen molar-refractivity contribution in [3.05, 3.63) is 78.6 Å². The maximum atomic E-state index is 11.2. The molecule has 0 aliphatic heterocycles. The molecule has 0 fully saturated rings. The quantitative estimate of drug-likeness (QED) is 0.483. The highest BCUT2D eigenvalue weighted by atomic mass is 16.1. The van der Waals surface area contributed by atoms with Crippen molar-refractivity contribution in [2.24, 2.45) is 0 Å². The number of carbonyl (C=O) groups is 1. The Morgan fingerprint density at radius 1 is 1.04 bits per heavy atom. The van der Waals surface area contributed by atoms with Crippen molar-refractivity contribution in [2.75, 3.05) is 0 Å². The van der Waals surface area contributed by atoms with E-state index in [0.29, 0.717) is 5.56 Å². The largest absolute Gasteiger partial charge is 0.287 e. The molecule has 2 aromatic heterocycles. The first-order valence-electron chi connectivity index (χ1n) is 7.51. The van der Waals surface area contributed by atoms with Crippen molar-refractivity contribution in [2.45, 2.75) is 6.92 Å². The first kappa shape index (κ1) is 15.4. The summed E-state index contributed by atoms with van der Waals surface area (Å²) in [5, 5.41) is 10.9. The van der Waals surface area contributed by atoms with Crippen molar-refractivity contribution in [1.82, 2.24) is 9.55 Å². The molecule has 116 valence electrons. The van der Waals surface area contributed by atoms with Crippen LogP contribution < -0.4 is 0 Å². The molecule has 0 aliphatic carbocycles. The zero-order chi connectivity index (χ0) is 16.9. The minimum absolute atomic E-state index is 0.0462. The summed E-state index contributed by atoms with van der Waals surface area (Å²) in [6, 6.07) is 21.3. The average molecular weight is 313 g/mol. The Morgan fingerprint density at radius 3 is 2.58 bits per heavy atom. The van der Waals surface area contributed by atoms with Crippen LogP contribution in [0.25, 0.3) is 21.8 Å². The number of nitrogens with zero attached hydrogens (tertiary/aromatic N) is 3. The monoisotopic (exact) mass is 313 g/mol. The summed E-state index contributed by atoms with van der Waals surface area (Å²) in [5.74, 6) is -0.0462. The van der Waals surface area contributed by atoms with Crippen LogP contribution in [0.2, 0.25) is 0 Å². The van der Waals surface area contributed by atoms with Gasteiger partial charge in [0.05, 0.1) is 22.7 Å². The number of hydrogen-bond donors (Lipinski definition) is 0. The number of carbonyl (C=O) groups excluding carboxylic acids is 1.